The van der Waals surface area contributed by atoms with Crippen LogP contribution in [0.5, 0.6) is 0 Å². The number of hydrogen-bond donors (Lipinski definition) is 2. The van der Waals surface area contributed by atoms with Crippen LogP contribution >= 0.6 is 0 Å². The topological polar surface area (TPSA) is 75.4 Å². The summed E-state index contributed by atoms with van der Waals surface area (Å²) < 4.78 is 22.3. The van der Waals surface area contributed by atoms with Gasteiger partial charge in [0.2, 0.25) is 10.0 Å². The Hall–Kier alpha value is -0.950. The average Bonchev–Trinajstić information content (AvgIpc) is 2.37. The van der Waals surface area contributed by atoms with Crippen molar-refractivity contribution in [1.82, 2.24) is 10.2 Å². The monoisotopic (exact) mass is 299 g/mol. The summed E-state index contributed by atoms with van der Waals surface area (Å²) in [7, 11) is 0.542. The number of primary sulfonamides is 1. The molecule has 0 saturated carbocycles. The van der Waals surface area contributed by atoms with Gasteiger partial charge in [0.1, 0.15) is 0 Å². The van der Waals surface area contributed by atoms with Gasteiger partial charge in [-0.05, 0) is 64.6 Å². The Morgan fingerprint density at radius 1 is 1.20 bits per heavy atom. The molecule has 0 heterocycles. The normalized spacial score (nSPS) is 13.7. The minimum absolute atomic E-state index is 0.152. The van der Waals surface area contributed by atoms with Crippen LogP contribution in [0.2, 0.25) is 0 Å². The SMILES string of the molecule is CC(NCCCCN(C)C)c1ccc(S(N)(=O)=O)cc1. The molecule has 1 aromatic rings. The van der Waals surface area contributed by atoms with Gasteiger partial charge in [0.05, 0.1) is 4.90 Å². The Kier molecular flexibility index (Phi) is 6.61. The van der Waals surface area contributed by atoms with E-state index in [4.69, 9.17) is 5.14 Å². The van der Waals surface area contributed by atoms with E-state index in [9.17, 15) is 8.42 Å². The molecule has 0 saturated heterocycles. The van der Waals surface area contributed by atoms with Gasteiger partial charge in [-0.15, -0.1) is 0 Å². The first-order valence-corrected chi connectivity index (χ1v) is 8.36. The highest BCUT2D eigenvalue weighted by molar-refractivity contribution is 7.89. The third kappa shape index (κ3) is 6.00. The molecule has 0 aromatic heterocycles. The molecule has 1 unspecified atom stereocenters. The zero-order valence-electron chi connectivity index (χ0n) is 12.5. The maximum atomic E-state index is 11.2. The first-order chi connectivity index (χ1) is 9.30. The van der Waals surface area contributed by atoms with Crippen LogP contribution < -0.4 is 10.5 Å². The van der Waals surface area contributed by atoms with Crippen molar-refractivity contribution in [3.63, 3.8) is 0 Å². The molecule has 0 fully saturated rings. The molecule has 5 nitrogen and oxygen atoms in total. The summed E-state index contributed by atoms with van der Waals surface area (Å²) >= 11 is 0. The molecule has 0 spiro atoms. The van der Waals surface area contributed by atoms with Crippen molar-refractivity contribution < 1.29 is 8.42 Å². The van der Waals surface area contributed by atoms with E-state index in [1.165, 1.54) is 0 Å². The molecule has 0 aliphatic rings. The second kappa shape index (κ2) is 7.73. The van der Waals surface area contributed by atoms with Gasteiger partial charge in [-0.2, -0.15) is 0 Å². The van der Waals surface area contributed by atoms with E-state index in [-0.39, 0.29) is 10.9 Å². The quantitative estimate of drug-likeness (QED) is 0.710. The van der Waals surface area contributed by atoms with Crippen molar-refractivity contribution in [3.05, 3.63) is 29.8 Å². The fourth-order valence-corrected chi connectivity index (χ4v) is 2.45. The number of nitrogens with one attached hydrogen (secondary N) is 1. The van der Waals surface area contributed by atoms with Crippen LogP contribution in [-0.2, 0) is 10.0 Å². The maximum Gasteiger partial charge on any atom is 0.238 e. The van der Waals surface area contributed by atoms with E-state index in [2.05, 4.69) is 31.2 Å². The maximum absolute atomic E-state index is 11.2. The van der Waals surface area contributed by atoms with Gasteiger partial charge >= 0.3 is 0 Å². The summed E-state index contributed by atoms with van der Waals surface area (Å²) in [5.74, 6) is 0. The Morgan fingerprint density at radius 3 is 2.30 bits per heavy atom. The molecule has 1 rings (SSSR count). The Balaban J connectivity index is 2.42. The molecule has 3 N–H and O–H groups in total. The molecule has 0 aliphatic heterocycles. The van der Waals surface area contributed by atoms with Crippen LogP contribution in [0, 0.1) is 0 Å². The number of benzene rings is 1. The number of nitrogens with zero attached hydrogens (tertiary/aromatic N) is 1. The predicted molar refractivity (Wildman–Crippen MR) is 82.0 cm³/mol. The molecular weight excluding hydrogens is 274 g/mol. The molecular formula is C14H25N3O2S. The standard InChI is InChI=1S/C14H25N3O2S/c1-12(16-10-4-5-11-17(2)3)13-6-8-14(9-7-13)20(15,18)19/h6-9,12,16H,4-5,10-11H2,1-3H3,(H2,15,18,19). The summed E-state index contributed by atoms with van der Waals surface area (Å²) in [6.07, 6.45) is 2.29. The van der Waals surface area contributed by atoms with E-state index in [0.717, 1.165) is 31.5 Å². The van der Waals surface area contributed by atoms with Crippen LogP contribution in [0.25, 0.3) is 0 Å². The van der Waals surface area contributed by atoms with Crippen LogP contribution in [0.1, 0.15) is 31.4 Å². The van der Waals surface area contributed by atoms with E-state index >= 15 is 0 Å². The van der Waals surface area contributed by atoms with Crippen LogP contribution in [0.15, 0.2) is 29.2 Å². The molecule has 1 aromatic carbocycles. The van der Waals surface area contributed by atoms with Gasteiger partial charge in [-0.1, -0.05) is 12.1 Å². The van der Waals surface area contributed by atoms with Crippen LogP contribution in [0.3, 0.4) is 0 Å². The third-order valence-corrected chi connectivity index (χ3v) is 4.12. The minimum Gasteiger partial charge on any atom is -0.310 e. The predicted octanol–water partition coefficient (Wildman–Crippen LogP) is 1.33. The lowest BCUT2D eigenvalue weighted by Gasteiger charge is -2.15. The van der Waals surface area contributed by atoms with Crippen molar-refractivity contribution in [2.45, 2.75) is 30.7 Å². The molecule has 20 heavy (non-hydrogen) atoms. The Morgan fingerprint density at radius 2 is 1.80 bits per heavy atom. The number of nitrogens with two attached hydrogens (primary N) is 1. The fourth-order valence-electron chi connectivity index (χ4n) is 1.94. The van der Waals surface area contributed by atoms with Gasteiger partial charge in [0, 0.05) is 6.04 Å². The van der Waals surface area contributed by atoms with Gasteiger partial charge < -0.3 is 10.2 Å². The molecule has 114 valence electrons. The van der Waals surface area contributed by atoms with Crippen molar-refractivity contribution in [2.24, 2.45) is 5.14 Å². The fraction of sp³-hybridized carbons (Fsp3) is 0.571. The van der Waals surface area contributed by atoms with E-state index in [0.29, 0.717) is 0 Å². The first kappa shape index (κ1) is 17.1. The van der Waals surface area contributed by atoms with E-state index < -0.39 is 10.0 Å². The Bertz CT molecular complexity index is 498. The lowest BCUT2D eigenvalue weighted by Crippen LogP contribution is -2.21. The third-order valence-electron chi connectivity index (χ3n) is 3.19. The van der Waals surface area contributed by atoms with E-state index in [1.807, 2.05) is 0 Å². The van der Waals surface area contributed by atoms with Crippen molar-refractivity contribution in [2.75, 3.05) is 27.2 Å². The number of hydrogen-bond acceptors (Lipinski definition) is 4. The zero-order chi connectivity index (χ0) is 15.2. The van der Waals surface area contributed by atoms with Gasteiger partial charge in [0.15, 0.2) is 0 Å². The average molecular weight is 299 g/mol. The molecule has 0 radical (unpaired) electrons. The lowest BCUT2D eigenvalue weighted by atomic mass is 10.1. The number of unbranched alkanes of at least 4 members (excludes halogenated alkanes) is 1. The second-order valence-electron chi connectivity index (χ2n) is 5.30. The number of sulfonamides is 1. The summed E-state index contributed by atoms with van der Waals surface area (Å²) in [6, 6.07) is 6.90. The number of rotatable bonds is 8. The molecule has 0 amide bonds. The van der Waals surface area contributed by atoms with Crippen LogP contribution in [0.4, 0.5) is 0 Å². The summed E-state index contributed by atoms with van der Waals surface area (Å²) in [5.41, 5.74) is 1.06. The Labute approximate surface area is 122 Å². The van der Waals surface area contributed by atoms with E-state index in [1.54, 1.807) is 24.3 Å². The second-order valence-corrected chi connectivity index (χ2v) is 6.86. The highest BCUT2D eigenvalue weighted by Crippen LogP contribution is 2.15. The highest BCUT2D eigenvalue weighted by Gasteiger charge is 2.09. The molecule has 6 heteroatoms. The summed E-state index contributed by atoms with van der Waals surface area (Å²) in [5, 5.41) is 8.51. The van der Waals surface area contributed by atoms with Gasteiger partial charge in [-0.25, -0.2) is 13.6 Å². The van der Waals surface area contributed by atoms with Crippen LogP contribution in [-0.4, -0.2) is 40.5 Å². The van der Waals surface area contributed by atoms with Crippen molar-refractivity contribution in [1.29, 1.82) is 0 Å². The first-order valence-electron chi connectivity index (χ1n) is 6.81. The highest BCUT2D eigenvalue weighted by atomic mass is 32.2. The zero-order valence-corrected chi connectivity index (χ0v) is 13.3. The summed E-state index contributed by atoms with van der Waals surface area (Å²) in [4.78, 5) is 2.33. The molecule has 0 aliphatic carbocycles. The molecule has 0 bridgehead atoms. The minimum atomic E-state index is -3.60. The smallest absolute Gasteiger partial charge is 0.238 e. The lowest BCUT2D eigenvalue weighted by molar-refractivity contribution is 0.389. The molecule has 1 atom stereocenters. The largest absolute Gasteiger partial charge is 0.310 e. The van der Waals surface area contributed by atoms with Crippen molar-refractivity contribution >= 4 is 10.0 Å². The summed E-state index contributed by atoms with van der Waals surface area (Å²) in [6.45, 7) is 4.11. The van der Waals surface area contributed by atoms with Crippen molar-refractivity contribution in [3.8, 4) is 0 Å². The van der Waals surface area contributed by atoms with Gasteiger partial charge in [0.25, 0.3) is 0 Å². The van der Waals surface area contributed by atoms with Gasteiger partial charge in [-0.3, -0.25) is 0 Å².